The summed E-state index contributed by atoms with van der Waals surface area (Å²) < 4.78 is 0. The standard InChI is InChI=1S/C19H27ClO3/c1-17-7-8-19(20,23)9-11(17)3-4-12-13-5-6-15(22)18(13,2)10-14(21)16(12)17/h3,12-13,15-16,22-23H,4-10H2,1-2H3/t12-,13-,15-,16+,17-,18-,19-/m0/s1. The van der Waals surface area contributed by atoms with Gasteiger partial charge in [0, 0.05) is 24.2 Å². The number of allylic oxidation sites excluding steroid dienone is 1. The fourth-order valence-electron chi connectivity index (χ4n) is 6.41. The number of ketones is 1. The Morgan fingerprint density at radius 1 is 1.22 bits per heavy atom. The van der Waals surface area contributed by atoms with Gasteiger partial charge in [-0.05, 0) is 49.4 Å². The molecule has 23 heavy (non-hydrogen) atoms. The predicted molar refractivity (Wildman–Crippen MR) is 88.9 cm³/mol. The largest absolute Gasteiger partial charge is 0.393 e. The van der Waals surface area contributed by atoms with Crippen LogP contribution in [-0.2, 0) is 4.79 Å². The molecule has 0 saturated heterocycles. The zero-order chi connectivity index (χ0) is 16.6. The number of halogens is 1. The van der Waals surface area contributed by atoms with Crippen LogP contribution in [0.25, 0.3) is 0 Å². The van der Waals surface area contributed by atoms with Crippen molar-refractivity contribution in [2.24, 2.45) is 28.6 Å². The number of aliphatic hydroxyl groups is 2. The molecule has 4 rings (SSSR count). The molecule has 0 unspecified atom stereocenters. The summed E-state index contributed by atoms with van der Waals surface area (Å²) >= 11 is 6.19. The van der Waals surface area contributed by atoms with Crippen molar-refractivity contribution < 1.29 is 15.0 Å². The second kappa shape index (κ2) is 4.83. The summed E-state index contributed by atoms with van der Waals surface area (Å²) in [6.07, 6.45) is 6.96. The Labute approximate surface area is 143 Å². The van der Waals surface area contributed by atoms with Gasteiger partial charge in [-0.1, -0.05) is 37.1 Å². The van der Waals surface area contributed by atoms with E-state index in [1.165, 1.54) is 5.57 Å². The third kappa shape index (κ3) is 2.12. The van der Waals surface area contributed by atoms with E-state index in [1.54, 1.807) is 0 Å². The number of fused-ring (bicyclic) bond motifs is 5. The third-order valence-corrected chi connectivity index (χ3v) is 8.07. The van der Waals surface area contributed by atoms with Crippen molar-refractivity contribution in [3.05, 3.63) is 11.6 Å². The molecule has 0 aromatic heterocycles. The molecule has 3 fully saturated rings. The van der Waals surface area contributed by atoms with Crippen LogP contribution in [0.4, 0.5) is 0 Å². The van der Waals surface area contributed by atoms with Crippen molar-refractivity contribution >= 4 is 17.4 Å². The molecule has 0 radical (unpaired) electrons. The van der Waals surface area contributed by atoms with Gasteiger partial charge in [-0.15, -0.1) is 0 Å². The van der Waals surface area contributed by atoms with E-state index in [0.29, 0.717) is 36.9 Å². The molecule has 3 saturated carbocycles. The van der Waals surface area contributed by atoms with E-state index in [4.69, 9.17) is 11.6 Å². The zero-order valence-electron chi connectivity index (χ0n) is 14.0. The lowest BCUT2D eigenvalue weighted by molar-refractivity contribution is -0.147. The summed E-state index contributed by atoms with van der Waals surface area (Å²) in [5.74, 6) is 1.14. The van der Waals surface area contributed by atoms with Gasteiger partial charge >= 0.3 is 0 Å². The molecule has 4 heteroatoms. The number of alkyl halides is 1. The number of rotatable bonds is 0. The van der Waals surface area contributed by atoms with E-state index in [9.17, 15) is 15.0 Å². The first kappa shape index (κ1) is 16.1. The van der Waals surface area contributed by atoms with Gasteiger partial charge in [0.15, 0.2) is 0 Å². The van der Waals surface area contributed by atoms with Crippen LogP contribution in [0.2, 0.25) is 0 Å². The molecule has 2 N–H and O–H groups in total. The average Bonchev–Trinajstić information content (AvgIpc) is 2.75. The van der Waals surface area contributed by atoms with Crippen LogP contribution in [0, 0.1) is 28.6 Å². The van der Waals surface area contributed by atoms with Crippen molar-refractivity contribution in [2.45, 2.75) is 70.0 Å². The van der Waals surface area contributed by atoms with Gasteiger partial charge < -0.3 is 10.2 Å². The van der Waals surface area contributed by atoms with Gasteiger partial charge in [-0.2, -0.15) is 0 Å². The summed E-state index contributed by atoms with van der Waals surface area (Å²) in [6.45, 7) is 4.32. The van der Waals surface area contributed by atoms with Gasteiger partial charge in [0.2, 0.25) is 0 Å². The molecule has 3 nitrogen and oxygen atoms in total. The SMILES string of the molecule is C[C@]12CC(=O)[C@H]3[C@@H](CC=C4C[C@](O)(Cl)CC[C@@]43C)[C@@H]1CC[C@@H]2O. The van der Waals surface area contributed by atoms with Crippen molar-refractivity contribution in [1.29, 1.82) is 0 Å². The van der Waals surface area contributed by atoms with Crippen LogP contribution in [0.3, 0.4) is 0 Å². The minimum Gasteiger partial charge on any atom is -0.393 e. The topological polar surface area (TPSA) is 57.5 Å². The molecule has 4 aliphatic rings. The van der Waals surface area contributed by atoms with Crippen molar-refractivity contribution in [3.8, 4) is 0 Å². The summed E-state index contributed by atoms with van der Waals surface area (Å²) in [5, 5.41) is 19.5. The Balaban J connectivity index is 1.74. The van der Waals surface area contributed by atoms with Crippen LogP contribution < -0.4 is 0 Å². The number of carbonyl (C=O) groups excluding carboxylic acids is 1. The molecule has 0 aliphatic heterocycles. The van der Waals surface area contributed by atoms with E-state index in [-0.39, 0.29) is 22.9 Å². The van der Waals surface area contributed by atoms with E-state index in [1.807, 2.05) is 0 Å². The van der Waals surface area contributed by atoms with Crippen LogP contribution in [0.1, 0.15) is 58.8 Å². The smallest absolute Gasteiger partial charge is 0.142 e. The highest BCUT2D eigenvalue weighted by Crippen LogP contribution is 2.64. The van der Waals surface area contributed by atoms with Crippen LogP contribution in [0.15, 0.2) is 11.6 Å². The van der Waals surface area contributed by atoms with E-state index >= 15 is 0 Å². The molecule has 0 amide bonds. The summed E-state index contributed by atoms with van der Waals surface area (Å²) in [4.78, 5) is 13.1. The molecule has 7 atom stereocenters. The number of Topliss-reactive ketones (excluding diaryl/α,β-unsaturated/α-hetero) is 1. The van der Waals surface area contributed by atoms with Gasteiger partial charge in [-0.3, -0.25) is 4.79 Å². The van der Waals surface area contributed by atoms with E-state index < -0.39 is 5.06 Å². The van der Waals surface area contributed by atoms with Crippen LogP contribution >= 0.6 is 11.6 Å². The Hall–Kier alpha value is -0.380. The molecular formula is C19H27ClO3. The summed E-state index contributed by atoms with van der Waals surface area (Å²) in [7, 11) is 0. The number of aliphatic hydroxyl groups excluding tert-OH is 1. The predicted octanol–water partition coefficient (Wildman–Crippen LogP) is 3.42. The Morgan fingerprint density at radius 2 is 1.96 bits per heavy atom. The summed E-state index contributed by atoms with van der Waals surface area (Å²) in [6, 6.07) is 0. The monoisotopic (exact) mass is 338 g/mol. The third-order valence-electron chi connectivity index (χ3n) is 7.75. The van der Waals surface area contributed by atoms with Gasteiger partial charge in [0.05, 0.1) is 6.10 Å². The average molecular weight is 339 g/mol. The molecule has 128 valence electrons. The maximum atomic E-state index is 13.1. The maximum absolute atomic E-state index is 13.1. The first-order valence-electron chi connectivity index (χ1n) is 8.99. The van der Waals surface area contributed by atoms with Crippen molar-refractivity contribution in [3.63, 3.8) is 0 Å². The lowest BCUT2D eigenvalue weighted by Gasteiger charge is -2.57. The normalized spacial score (nSPS) is 55.7. The van der Waals surface area contributed by atoms with Crippen molar-refractivity contribution in [1.82, 2.24) is 0 Å². The molecule has 0 heterocycles. The molecule has 0 bridgehead atoms. The lowest BCUT2D eigenvalue weighted by Crippen LogP contribution is -2.56. The lowest BCUT2D eigenvalue weighted by atomic mass is 9.47. The van der Waals surface area contributed by atoms with Crippen LogP contribution in [0.5, 0.6) is 0 Å². The fraction of sp³-hybridized carbons (Fsp3) is 0.842. The zero-order valence-corrected chi connectivity index (χ0v) is 14.8. The van der Waals surface area contributed by atoms with Gasteiger partial charge in [-0.25, -0.2) is 0 Å². The molecule has 0 aromatic carbocycles. The first-order valence-corrected chi connectivity index (χ1v) is 9.37. The quantitative estimate of drug-likeness (QED) is 0.525. The molecular weight excluding hydrogens is 312 g/mol. The highest BCUT2D eigenvalue weighted by atomic mass is 35.5. The Morgan fingerprint density at radius 3 is 2.70 bits per heavy atom. The maximum Gasteiger partial charge on any atom is 0.142 e. The first-order chi connectivity index (χ1) is 10.7. The highest BCUT2D eigenvalue weighted by molar-refractivity contribution is 6.22. The highest BCUT2D eigenvalue weighted by Gasteiger charge is 2.62. The molecule has 0 spiro atoms. The van der Waals surface area contributed by atoms with Gasteiger partial charge in [0.25, 0.3) is 0 Å². The summed E-state index contributed by atoms with van der Waals surface area (Å²) in [5.41, 5.74) is 0.788. The second-order valence-electron chi connectivity index (χ2n) is 8.97. The number of carbonyl (C=O) groups is 1. The Bertz CT molecular complexity index is 583. The van der Waals surface area contributed by atoms with E-state index in [2.05, 4.69) is 19.9 Å². The fourth-order valence-corrected chi connectivity index (χ4v) is 6.65. The molecule has 4 aliphatic carbocycles. The van der Waals surface area contributed by atoms with E-state index in [0.717, 1.165) is 25.7 Å². The molecule has 0 aromatic rings. The minimum atomic E-state index is -1.14. The second-order valence-corrected chi connectivity index (χ2v) is 9.67. The number of hydrogen-bond donors (Lipinski definition) is 2. The van der Waals surface area contributed by atoms with Crippen molar-refractivity contribution in [2.75, 3.05) is 0 Å². The number of hydrogen-bond acceptors (Lipinski definition) is 3. The Kier molecular flexibility index (Phi) is 3.38. The van der Waals surface area contributed by atoms with Gasteiger partial charge in [0.1, 0.15) is 10.8 Å². The van der Waals surface area contributed by atoms with Crippen LogP contribution in [-0.4, -0.2) is 27.2 Å². The minimum absolute atomic E-state index is 0.0404.